The molecule has 4 heterocycles. The maximum Gasteiger partial charge on any atom is 0.530 e. The van der Waals surface area contributed by atoms with Crippen LogP contribution in [0.3, 0.4) is 0 Å². The van der Waals surface area contributed by atoms with Gasteiger partial charge in [-0.25, -0.2) is 14.1 Å². The van der Waals surface area contributed by atoms with Crippen LogP contribution in [0.25, 0.3) is 5.52 Å². The number of hydrogen-bond acceptors (Lipinski definition) is 12. The van der Waals surface area contributed by atoms with E-state index in [1.54, 1.807) is 50.2 Å². The first-order valence-electron chi connectivity index (χ1n) is 17.1. The van der Waals surface area contributed by atoms with Crippen molar-refractivity contribution < 1.29 is 37.1 Å². The molecule has 2 aromatic heterocycles. The zero-order valence-corrected chi connectivity index (χ0v) is 30.1. The fourth-order valence-corrected chi connectivity index (χ4v) is 7.62. The van der Waals surface area contributed by atoms with Gasteiger partial charge in [0.1, 0.15) is 42.0 Å². The average molecular weight is 720 g/mol. The van der Waals surface area contributed by atoms with E-state index in [9.17, 15) is 9.83 Å². The number of para-hydroxylation sites is 1. The molecule has 1 unspecified atom stereocenters. The van der Waals surface area contributed by atoms with Gasteiger partial charge in [0, 0.05) is 6.61 Å². The smallest absolute Gasteiger partial charge is 0.402 e. The first-order chi connectivity index (χ1) is 23.6. The topological polar surface area (TPSA) is 162 Å². The van der Waals surface area contributed by atoms with Crippen molar-refractivity contribution in [1.29, 1.82) is 5.26 Å². The molecule has 1 aromatic carbocycles. The van der Waals surface area contributed by atoms with Gasteiger partial charge in [-0.3, -0.25) is 9.05 Å². The van der Waals surface area contributed by atoms with Gasteiger partial charge in [0.05, 0.1) is 30.5 Å². The summed E-state index contributed by atoms with van der Waals surface area (Å²) in [5.41, 5.74) is 5.24. The van der Waals surface area contributed by atoms with Crippen LogP contribution in [-0.2, 0) is 38.2 Å². The minimum Gasteiger partial charge on any atom is -0.402 e. The Morgan fingerprint density at radius 3 is 2.45 bits per heavy atom. The Labute approximate surface area is 292 Å². The second-order valence-corrected chi connectivity index (χ2v) is 14.7. The average Bonchev–Trinajstić information content (AvgIpc) is 3.74. The van der Waals surface area contributed by atoms with E-state index in [1.807, 2.05) is 0 Å². The molecular formula is C34H47ClN5O8P. The summed E-state index contributed by atoms with van der Waals surface area (Å²) >= 11 is 6.32. The van der Waals surface area contributed by atoms with E-state index in [2.05, 4.69) is 23.1 Å². The van der Waals surface area contributed by atoms with Gasteiger partial charge < -0.3 is 29.2 Å². The number of rotatable bonds is 20. The van der Waals surface area contributed by atoms with E-state index >= 15 is 0 Å². The fourth-order valence-electron chi connectivity index (χ4n) is 6.18. The molecule has 2 N–H and O–H groups in total. The van der Waals surface area contributed by atoms with Crippen molar-refractivity contribution in [3.63, 3.8) is 0 Å². The zero-order valence-electron chi connectivity index (χ0n) is 28.4. The van der Waals surface area contributed by atoms with Gasteiger partial charge >= 0.3 is 7.82 Å². The predicted molar refractivity (Wildman–Crippen MR) is 183 cm³/mol. The molecule has 0 aliphatic carbocycles. The number of phosphoric ester groups is 1. The first kappa shape index (κ1) is 37.5. The Kier molecular flexibility index (Phi) is 13.0. The van der Waals surface area contributed by atoms with Crippen molar-refractivity contribution in [1.82, 2.24) is 14.6 Å². The molecule has 5 rings (SSSR count). The third-order valence-corrected chi connectivity index (χ3v) is 10.3. The molecule has 268 valence electrons. The lowest BCUT2D eigenvalue weighted by molar-refractivity contribution is -0.204. The lowest BCUT2D eigenvalue weighted by Crippen LogP contribution is -2.40. The lowest BCUT2D eigenvalue weighted by Gasteiger charge is -2.29. The number of ether oxygens (including phenoxy) is 4. The highest BCUT2D eigenvalue weighted by Crippen LogP contribution is 2.54. The van der Waals surface area contributed by atoms with Crippen molar-refractivity contribution in [3.8, 4) is 11.8 Å². The number of anilines is 1. The highest BCUT2D eigenvalue weighted by molar-refractivity contribution is 7.48. The molecule has 2 aliphatic heterocycles. The van der Waals surface area contributed by atoms with E-state index in [0.29, 0.717) is 17.8 Å². The minimum absolute atomic E-state index is 0.0528. The van der Waals surface area contributed by atoms with Gasteiger partial charge in [-0.15, -0.1) is 0 Å². The SMILES string of the molecule is CCCCCCCCCCCOCCOP(=O)(OC[C@H]1O[C@@](C#N)(c2ccc3c(N)ncnn23)[C@@H]2OC(C)(C)O[C@@H]21)Oc1ccccc1Cl. The van der Waals surface area contributed by atoms with E-state index in [0.717, 1.165) is 12.8 Å². The van der Waals surface area contributed by atoms with Crippen molar-refractivity contribution in [2.24, 2.45) is 0 Å². The molecule has 0 amide bonds. The molecule has 49 heavy (non-hydrogen) atoms. The van der Waals surface area contributed by atoms with Gasteiger partial charge in [-0.1, -0.05) is 82.0 Å². The molecule has 2 saturated heterocycles. The van der Waals surface area contributed by atoms with Gasteiger partial charge in [0.2, 0.25) is 5.60 Å². The van der Waals surface area contributed by atoms with Crippen LogP contribution < -0.4 is 10.3 Å². The monoisotopic (exact) mass is 719 g/mol. The van der Waals surface area contributed by atoms with Crippen LogP contribution in [0.15, 0.2) is 42.7 Å². The molecule has 2 fully saturated rings. The number of nitriles is 1. The number of aromatic nitrogens is 3. The van der Waals surface area contributed by atoms with Crippen LogP contribution in [0.1, 0.15) is 84.3 Å². The Morgan fingerprint density at radius 2 is 1.71 bits per heavy atom. The zero-order chi connectivity index (χ0) is 34.9. The van der Waals surface area contributed by atoms with Gasteiger partial charge in [0.25, 0.3) is 0 Å². The number of phosphoric acid groups is 1. The number of nitrogens with zero attached hydrogens (tertiary/aromatic N) is 4. The van der Waals surface area contributed by atoms with Gasteiger partial charge in [0.15, 0.2) is 11.6 Å². The molecule has 15 heteroatoms. The number of benzene rings is 1. The molecule has 13 nitrogen and oxygen atoms in total. The van der Waals surface area contributed by atoms with E-state index < -0.39 is 37.5 Å². The van der Waals surface area contributed by atoms with Crippen LogP contribution in [0.2, 0.25) is 5.02 Å². The van der Waals surface area contributed by atoms with Crippen molar-refractivity contribution in [2.75, 3.05) is 32.2 Å². The Morgan fingerprint density at radius 1 is 0.980 bits per heavy atom. The minimum atomic E-state index is -4.29. The summed E-state index contributed by atoms with van der Waals surface area (Å²) in [5, 5.41) is 15.1. The Balaban J connectivity index is 1.22. The van der Waals surface area contributed by atoms with Crippen LogP contribution in [-0.4, -0.2) is 65.1 Å². The lowest BCUT2D eigenvalue weighted by atomic mass is 9.92. The molecule has 0 radical (unpaired) electrons. The van der Waals surface area contributed by atoms with Crippen molar-refractivity contribution >= 4 is 30.8 Å². The summed E-state index contributed by atoms with van der Waals surface area (Å²) in [6.45, 7) is 6.09. The Hall–Kier alpha value is -2.79. The molecule has 5 atom stereocenters. The van der Waals surface area contributed by atoms with E-state index in [1.165, 1.54) is 55.8 Å². The second kappa shape index (κ2) is 16.9. The molecule has 0 bridgehead atoms. The largest absolute Gasteiger partial charge is 0.530 e. The molecule has 0 saturated carbocycles. The quantitative estimate of drug-likeness (QED) is 0.0913. The predicted octanol–water partition coefficient (Wildman–Crippen LogP) is 7.37. The number of halogens is 1. The maximum atomic E-state index is 14.1. The van der Waals surface area contributed by atoms with Crippen LogP contribution in [0.5, 0.6) is 5.75 Å². The van der Waals surface area contributed by atoms with E-state index in [4.69, 9.17) is 49.9 Å². The highest BCUT2D eigenvalue weighted by Gasteiger charge is 2.65. The first-order valence-corrected chi connectivity index (χ1v) is 18.9. The number of nitrogens with two attached hydrogens (primary N) is 1. The van der Waals surface area contributed by atoms with Crippen molar-refractivity contribution in [2.45, 2.75) is 108 Å². The normalized spacial score (nSPS) is 24.1. The molecule has 0 spiro atoms. The fraction of sp³-hybridized carbons (Fsp3) is 0.618. The summed E-state index contributed by atoms with van der Waals surface area (Å²) in [6, 6.07) is 12.2. The number of unbranched alkanes of at least 4 members (excludes halogenated alkanes) is 8. The highest BCUT2D eigenvalue weighted by atomic mass is 35.5. The number of nitrogen functional groups attached to an aromatic ring is 1. The maximum absolute atomic E-state index is 14.1. The molecular weight excluding hydrogens is 673 g/mol. The summed E-state index contributed by atoms with van der Waals surface area (Å²) in [4.78, 5) is 4.03. The van der Waals surface area contributed by atoms with Gasteiger partial charge in [-0.2, -0.15) is 10.4 Å². The van der Waals surface area contributed by atoms with Crippen LogP contribution in [0, 0.1) is 11.3 Å². The molecule has 2 aliphatic rings. The standard InChI is InChI=1S/C34H47ClN5O8P/c1-4-5-6-7-8-9-10-11-14-19-42-20-21-43-49(41,48-27-16-13-12-15-25(27)35)44-22-28-30-31(47-33(2,3)46-30)34(23-36,45-28)29-18-17-26-32(37)38-24-39-40(26)29/h12-13,15-18,24,28,30-31H,4-11,14,19-22H2,1-3H3,(H2,37,38,39)/t28-,30-,31-,34+,49?/m1/s1. The van der Waals surface area contributed by atoms with Crippen LogP contribution in [0.4, 0.5) is 5.82 Å². The summed E-state index contributed by atoms with van der Waals surface area (Å²) < 4.78 is 57.5. The third kappa shape index (κ3) is 9.12. The van der Waals surface area contributed by atoms with E-state index in [-0.39, 0.29) is 36.4 Å². The third-order valence-electron chi connectivity index (χ3n) is 8.57. The molecule has 3 aromatic rings. The Bertz CT molecular complexity index is 1620. The van der Waals surface area contributed by atoms with Crippen LogP contribution >= 0.6 is 19.4 Å². The summed E-state index contributed by atoms with van der Waals surface area (Å²) in [7, 11) is -4.29. The number of fused-ring (bicyclic) bond motifs is 2. The summed E-state index contributed by atoms with van der Waals surface area (Å²) in [5.74, 6) is -0.696. The second-order valence-electron chi connectivity index (χ2n) is 12.7. The number of hydrogen-bond donors (Lipinski definition) is 1. The van der Waals surface area contributed by atoms with Gasteiger partial charge in [-0.05, 0) is 44.5 Å². The van der Waals surface area contributed by atoms with Crippen molar-refractivity contribution in [3.05, 3.63) is 53.4 Å². The summed E-state index contributed by atoms with van der Waals surface area (Å²) in [6.07, 6.45) is 9.64.